The number of esters is 1. The van der Waals surface area contributed by atoms with Gasteiger partial charge in [0.2, 0.25) is 0 Å². The summed E-state index contributed by atoms with van der Waals surface area (Å²) in [5, 5.41) is 12.0. The minimum atomic E-state index is -1.15. The highest BCUT2D eigenvalue weighted by Crippen LogP contribution is 2.18. The van der Waals surface area contributed by atoms with Crippen LogP contribution >= 0.6 is 0 Å². The summed E-state index contributed by atoms with van der Waals surface area (Å²) in [7, 11) is 0.200. The van der Waals surface area contributed by atoms with E-state index in [1.165, 1.54) is 11.8 Å². The molecule has 2 rings (SSSR count). The van der Waals surface area contributed by atoms with Gasteiger partial charge in [-0.1, -0.05) is 19.6 Å². The van der Waals surface area contributed by atoms with Crippen LogP contribution in [0, 0.1) is 0 Å². The molecule has 0 aliphatic carbocycles. The van der Waals surface area contributed by atoms with Crippen molar-refractivity contribution in [3.8, 4) is 11.3 Å². The van der Waals surface area contributed by atoms with Gasteiger partial charge in [0.05, 0.1) is 25.2 Å². The van der Waals surface area contributed by atoms with Crippen LogP contribution in [0.25, 0.3) is 11.3 Å². The number of hydrogen-bond donors (Lipinski definition) is 0. The maximum absolute atomic E-state index is 11.9. The predicted molar refractivity (Wildman–Crippen MR) is 88.7 cm³/mol. The Morgan fingerprint density at radius 3 is 2.70 bits per heavy atom. The van der Waals surface area contributed by atoms with E-state index in [2.05, 4.69) is 34.9 Å². The summed E-state index contributed by atoms with van der Waals surface area (Å²) >= 11 is 0. The highest BCUT2D eigenvalue weighted by atomic mass is 28.3. The van der Waals surface area contributed by atoms with Gasteiger partial charge in [-0.05, 0) is 18.2 Å². The number of carbonyl (C=O) groups is 1. The molecule has 8 heteroatoms. The van der Waals surface area contributed by atoms with E-state index < -0.39 is 14.0 Å². The average Bonchev–Trinajstić information content (AvgIpc) is 2.95. The molecule has 7 nitrogen and oxygen atoms in total. The maximum atomic E-state index is 11.9. The molecule has 2 aromatic rings. The monoisotopic (exact) mass is 334 g/mol. The smallest absolute Gasteiger partial charge is 0.356 e. The number of nitrogens with zero attached hydrogens (tertiary/aromatic N) is 4. The van der Waals surface area contributed by atoms with Gasteiger partial charge in [-0.15, -0.1) is 0 Å². The fourth-order valence-corrected chi connectivity index (χ4v) is 2.65. The molecule has 124 valence electrons. The van der Waals surface area contributed by atoms with E-state index in [0.717, 1.165) is 11.6 Å². The third-order valence-corrected chi connectivity index (χ3v) is 4.97. The van der Waals surface area contributed by atoms with Crippen LogP contribution in [0.5, 0.6) is 0 Å². The van der Waals surface area contributed by atoms with E-state index in [1.807, 2.05) is 0 Å². The molecule has 0 spiro atoms. The number of ether oxygens (including phenoxy) is 2. The van der Waals surface area contributed by atoms with E-state index in [0.29, 0.717) is 18.0 Å². The first-order valence-electron chi connectivity index (χ1n) is 7.42. The third-order valence-electron chi connectivity index (χ3n) is 3.26. The van der Waals surface area contributed by atoms with Crippen molar-refractivity contribution in [2.24, 2.45) is 0 Å². The van der Waals surface area contributed by atoms with Crippen molar-refractivity contribution in [3.63, 3.8) is 0 Å². The zero-order valence-electron chi connectivity index (χ0n) is 13.9. The molecular formula is C15H22N4O3Si. The lowest BCUT2D eigenvalue weighted by Crippen LogP contribution is -2.22. The summed E-state index contributed by atoms with van der Waals surface area (Å²) in [5.74, 6) is -0.445. The van der Waals surface area contributed by atoms with E-state index in [4.69, 9.17) is 9.47 Å². The normalized spacial score (nSPS) is 11.5. The van der Waals surface area contributed by atoms with Gasteiger partial charge in [-0.25, -0.2) is 9.48 Å². The predicted octanol–water partition coefficient (Wildman–Crippen LogP) is 2.44. The summed E-state index contributed by atoms with van der Waals surface area (Å²) < 4.78 is 12.0. The van der Waals surface area contributed by atoms with Crippen LogP contribution < -0.4 is 0 Å². The summed E-state index contributed by atoms with van der Waals surface area (Å²) in [4.78, 5) is 11.9. The molecule has 0 bridgehead atoms. The fourth-order valence-electron chi connectivity index (χ4n) is 1.90. The fraction of sp³-hybridized carbons (Fsp3) is 0.467. The van der Waals surface area contributed by atoms with Crippen LogP contribution in [-0.2, 0) is 16.2 Å². The Morgan fingerprint density at radius 2 is 2.09 bits per heavy atom. The molecule has 2 heterocycles. The molecule has 0 atom stereocenters. The molecule has 0 aliphatic rings. The van der Waals surface area contributed by atoms with Crippen LogP contribution in [0.2, 0.25) is 25.7 Å². The van der Waals surface area contributed by atoms with Gasteiger partial charge in [-0.3, -0.25) is 0 Å². The number of aromatic nitrogens is 4. The Morgan fingerprint density at radius 1 is 1.30 bits per heavy atom. The van der Waals surface area contributed by atoms with Crippen molar-refractivity contribution < 1.29 is 14.3 Å². The highest BCUT2D eigenvalue weighted by molar-refractivity contribution is 6.76. The molecule has 0 aromatic carbocycles. The van der Waals surface area contributed by atoms with Gasteiger partial charge in [0, 0.05) is 20.2 Å². The summed E-state index contributed by atoms with van der Waals surface area (Å²) in [6, 6.07) is 4.51. The van der Waals surface area contributed by atoms with Crippen molar-refractivity contribution in [2.45, 2.75) is 32.4 Å². The third kappa shape index (κ3) is 4.97. The maximum Gasteiger partial charge on any atom is 0.356 e. The molecule has 0 unspecified atom stereocenters. The zero-order valence-corrected chi connectivity index (χ0v) is 14.9. The molecule has 0 aliphatic heterocycles. The molecule has 0 N–H and O–H groups in total. The van der Waals surface area contributed by atoms with Crippen LogP contribution in [0.1, 0.15) is 10.5 Å². The molecule has 0 saturated carbocycles. The van der Waals surface area contributed by atoms with Crippen LogP contribution in [-0.4, -0.2) is 47.7 Å². The molecule has 2 aromatic heterocycles. The summed E-state index contributed by atoms with van der Waals surface area (Å²) in [5.41, 5.74) is 1.77. The van der Waals surface area contributed by atoms with E-state index in [1.54, 1.807) is 24.5 Å². The van der Waals surface area contributed by atoms with Crippen molar-refractivity contribution in [3.05, 3.63) is 30.2 Å². The van der Waals surface area contributed by atoms with Crippen LogP contribution in [0.3, 0.4) is 0 Å². The zero-order chi connectivity index (χ0) is 16.9. The first-order valence-corrected chi connectivity index (χ1v) is 11.1. The number of hydrogen-bond acceptors (Lipinski definition) is 6. The minimum Gasteiger partial charge on any atom is -0.464 e. The topological polar surface area (TPSA) is 79.1 Å². The molecule has 0 fully saturated rings. The van der Waals surface area contributed by atoms with Gasteiger partial charge >= 0.3 is 5.97 Å². The van der Waals surface area contributed by atoms with E-state index in [9.17, 15) is 4.79 Å². The second-order valence-corrected chi connectivity index (χ2v) is 12.0. The number of methoxy groups -OCH3 is 1. The molecule has 0 radical (unpaired) electrons. The number of rotatable bonds is 7. The average molecular weight is 334 g/mol. The lowest BCUT2D eigenvalue weighted by Gasteiger charge is -2.15. The Kier molecular flexibility index (Phi) is 5.62. The first kappa shape index (κ1) is 17.3. The summed E-state index contributed by atoms with van der Waals surface area (Å²) in [6.45, 7) is 7.74. The molecule has 0 saturated heterocycles. The molecular weight excluding hydrogens is 312 g/mol. The van der Waals surface area contributed by atoms with Crippen molar-refractivity contribution in [1.82, 2.24) is 20.0 Å². The van der Waals surface area contributed by atoms with Gasteiger partial charge in [0.25, 0.3) is 0 Å². The SMILES string of the molecule is COC(=O)c1cc(-c2ccnnc2)nn1COCC[Si](C)(C)C. The first-order chi connectivity index (χ1) is 10.9. The Balaban J connectivity index is 2.14. The molecule has 0 amide bonds. The Bertz CT molecular complexity index is 652. The Hall–Kier alpha value is -2.06. The second-order valence-electron chi connectivity index (χ2n) is 6.39. The largest absolute Gasteiger partial charge is 0.464 e. The Labute approximate surface area is 136 Å². The minimum absolute atomic E-state index is 0.216. The quantitative estimate of drug-likeness (QED) is 0.439. The van der Waals surface area contributed by atoms with E-state index >= 15 is 0 Å². The highest BCUT2D eigenvalue weighted by Gasteiger charge is 2.18. The van der Waals surface area contributed by atoms with Crippen LogP contribution in [0.4, 0.5) is 0 Å². The second kappa shape index (κ2) is 7.47. The van der Waals surface area contributed by atoms with Gasteiger partial charge in [-0.2, -0.15) is 15.3 Å². The van der Waals surface area contributed by atoms with Crippen molar-refractivity contribution in [1.29, 1.82) is 0 Å². The number of carbonyl (C=O) groups excluding carboxylic acids is 1. The van der Waals surface area contributed by atoms with Gasteiger partial charge < -0.3 is 9.47 Å². The lowest BCUT2D eigenvalue weighted by atomic mass is 10.2. The molecule has 23 heavy (non-hydrogen) atoms. The van der Waals surface area contributed by atoms with Gasteiger partial charge in [0.15, 0.2) is 0 Å². The van der Waals surface area contributed by atoms with Crippen molar-refractivity contribution >= 4 is 14.0 Å². The van der Waals surface area contributed by atoms with E-state index in [-0.39, 0.29) is 6.73 Å². The van der Waals surface area contributed by atoms with Gasteiger partial charge in [0.1, 0.15) is 12.4 Å². The van der Waals surface area contributed by atoms with Crippen molar-refractivity contribution in [2.75, 3.05) is 13.7 Å². The van der Waals surface area contributed by atoms with Crippen LogP contribution in [0.15, 0.2) is 24.5 Å². The summed E-state index contributed by atoms with van der Waals surface area (Å²) in [6.07, 6.45) is 3.18. The lowest BCUT2D eigenvalue weighted by molar-refractivity contribution is 0.0518. The standard InChI is InChI=1S/C15H22N4O3Si/c1-21-15(20)14-9-13(12-5-6-16-17-10-12)18-19(14)11-22-7-8-23(2,3)4/h5-6,9-10H,7-8,11H2,1-4H3.